The molecule has 0 unspecified atom stereocenters. The standard InChI is InChI=1S/C13H21N3O2/c1-5-18-10-7-6-8-14-12(10)15-9-11(17)16-13(2,3)4/h6-8H,5,9H2,1-4H3,(H,14,15)(H,16,17). The number of amides is 1. The zero-order valence-electron chi connectivity index (χ0n) is 11.4. The number of ether oxygens (including phenoxy) is 1. The first-order valence-electron chi connectivity index (χ1n) is 6.05. The molecule has 18 heavy (non-hydrogen) atoms. The topological polar surface area (TPSA) is 63.2 Å². The van der Waals surface area contributed by atoms with Crippen LogP contribution in [0.1, 0.15) is 27.7 Å². The first-order valence-corrected chi connectivity index (χ1v) is 6.05. The predicted molar refractivity (Wildman–Crippen MR) is 71.8 cm³/mol. The molecule has 100 valence electrons. The molecule has 0 aliphatic rings. The minimum atomic E-state index is -0.231. The van der Waals surface area contributed by atoms with E-state index in [1.165, 1.54) is 0 Å². The molecule has 1 amide bonds. The third-order valence-electron chi connectivity index (χ3n) is 2.00. The quantitative estimate of drug-likeness (QED) is 0.837. The molecule has 5 nitrogen and oxygen atoms in total. The van der Waals surface area contributed by atoms with Gasteiger partial charge in [0.25, 0.3) is 0 Å². The molecule has 0 fully saturated rings. The maximum absolute atomic E-state index is 11.7. The van der Waals surface area contributed by atoms with E-state index in [1.807, 2.05) is 33.8 Å². The summed E-state index contributed by atoms with van der Waals surface area (Å²) in [6.07, 6.45) is 1.66. The molecule has 0 bridgehead atoms. The highest BCUT2D eigenvalue weighted by molar-refractivity contribution is 5.81. The molecule has 0 spiro atoms. The van der Waals surface area contributed by atoms with E-state index in [-0.39, 0.29) is 18.0 Å². The fourth-order valence-corrected chi connectivity index (χ4v) is 1.42. The number of carbonyl (C=O) groups is 1. The Kier molecular flexibility index (Phi) is 4.95. The zero-order chi connectivity index (χ0) is 13.6. The van der Waals surface area contributed by atoms with Crippen LogP contribution in [0.4, 0.5) is 5.82 Å². The van der Waals surface area contributed by atoms with Gasteiger partial charge in [0.2, 0.25) is 5.91 Å². The normalized spacial score (nSPS) is 10.9. The van der Waals surface area contributed by atoms with Crippen molar-refractivity contribution in [3.05, 3.63) is 18.3 Å². The lowest BCUT2D eigenvalue weighted by atomic mass is 10.1. The van der Waals surface area contributed by atoms with Crippen molar-refractivity contribution in [2.24, 2.45) is 0 Å². The van der Waals surface area contributed by atoms with Gasteiger partial charge in [-0.05, 0) is 39.8 Å². The average Bonchev–Trinajstić information content (AvgIpc) is 2.26. The van der Waals surface area contributed by atoms with Gasteiger partial charge in [-0.1, -0.05) is 0 Å². The second-order valence-corrected chi connectivity index (χ2v) is 4.93. The highest BCUT2D eigenvalue weighted by atomic mass is 16.5. The van der Waals surface area contributed by atoms with E-state index < -0.39 is 0 Å². The van der Waals surface area contributed by atoms with E-state index in [0.717, 1.165) is 0 Å². The first-order chi connectivity index (χ1) is 8.42. The summed E-state index contributed by atoms with van der Waals surface area (Å²) in [6.45, 7) is 8.47. The van der Waals surface area contributed by atoms with Gasteiger partial charge in [0.05, 0.1) is 13.2 Å². The van der Waals surface area contributed by atoms with Crippen LogP contribution >= 0.6 is 0 Å². The van der Waals surface area contributed by atoms with Crippen molar-refractivity contribution >= 4 is 11.7 Å². The Labute approximate surface area is 108 Å². The van der Waals surface area contributed by atoms with Crippen molar-refractivity contribution in [2.75, 3.05) is 18.5 Å². The molecule has 0 saturated heterocycles. The fourth-order valence-electron chi connectivity index (χ4n) is 1.42. The molecule has 5 heteroatoms. The van der Waals surface area contributed by atoms with Crippen molar-refractivity contribution in [2.45, 2.75) is 33.2 Å². The van der Waals surface area contributed by atoms with Gasteiger partial charge >= 0.3 is 0 Å². The Morgan fingerprint density at radius 3 is 2.78 bits per heavy atom. The first kappa shape index (κ1) is 14.3. The third kappa shape index (κ3) is 5.03. The van der Waals surface area contributed by atoms with E-state index >= 15 is 0 Å². The van der Waals surface area contributed by atoms with E-state index in [2.05, 4.69) is 15.6 Å². The Hall–Kier alpha value is -1.78. The zero-order valence-corrected chi connectivity index (χ0v) is 11.4. The molecule has 0 atom stereocenters. The van der Waals surface area contributed by atoms with Crippen LogP contribution < -0.4 is 15.4 Å². The highest BCUT2D eigenvalue weighted by Crippen LogP contribution is 2.20. The molecule has 1 aromatic rings. The summed E-state index contributed by atoms with van der Waals surface area (Å²) in [4.78, 5) is 15.8. The third-order valence-corrected chi connectivity index (χ3v) is 2.00. The Morgan fingerprint density at radius 2 is 2.17 bits per heavy atom. The van der Waals surface area contributed by atoms with Gasteiger partial charge in [-0.3, -0.25) is 4.79 Å². The van der Waals surface area contributed by atoms with Crippen LogP contribution in [-0.4, -0.2) is 29.6 Å². The summed E-state index contributed by atoms with van der Waals surface area (Å²) in [7, 11) is 0. The van der Waals surface area contributed by atoms with Crippen molar-refractivity contribution < 1.29 is 9.53 Å². The van der Waals surface area contributed by atoms with Gasteiger partial charge in [0.1, 0.15) is 0 Å². The van der Waals surface area contributed by atoms with Crippen molar-refractivity contribution in [1.82, 2.24) is 10.3 Å². The molecule has 0 aliphatic heterocycles. The van der Waals surface area contributed by atoms with Crippen LogP contribution in [0.2, 0.25) is 0 Å². The van der Waals surface area contributed by atoms with Crippen LogP contribution in [0.3, 0.4) is 0 Å². The minimum absolute atomic E-state index is 0.0735. The minimum Gasteiger partial charge on any atom is -0.490 e. The van der Waals surface area contributed by atoms with Gasteiger partial charge in [-0.2, -0.15) is 0 Å². The molecule has 0 saturated carbocycles. The predicted octanol–water partition coefficient (Wildman–Crippen LogP) is 1.81. The summed E-state index contributed by atoms with van der Waals surface area (Å²) < 4.78 is 5.41. The maximum Gasteiger partial charge on any atom is 0.239 e. The SMILES string of the molecule is CCOc1cccnc1NCC(=O)NC(C)(C)C. The number of aromatic nitrogens is 1. The number of hydrogen-bond acceptors (Lipinski definition) is 4. The molecule has 0 aliphatic carbocycles. The number of carbonyl (C=O) groups excluding carboxylic acids is 1. The van der Waals surface area contributed by atoms with E-state index in [9.17, 15) is 4.79 Å². The summed E-state index contributed by atoms with van der Waals surface area (Å²) in [5.41, 5.74) is -0.231. The summed E-state index contributed by atoms with van der Waals surface area (Å²) in [6, 6.07) is 3.62. The number of anilines is 1. The van der Waals surface area contributed by atoms with Crippen molar-refractivity contribution in [3.8, 4) is 5.75 Å². The monoisotopic (exact) mass is 251 g/mol. The van der Waals surface area contributed by atoms with E-state index in [0.29, 0.717) is 18.2 Å². The molecular formula is C13H21N3O2. The second-order valence-electron chi connectivity index (χ2n) is 4.93. The number of hydrogen-bond donors (Lipinski definition) is 2. The number of pyridine rings is 1. The molecule has 1 rings (SSSR count). The molecule has 2 N–H and O–H groups in total. The summed E-state index contributed by atoms with van der Waals surface area (Å²) in [5.74, 6) is 1.17. The van der Waals surface area contributed by atoms with Crippen LogP contribution in [0.5, 0.6) is 5.75 Å². The summed E-state index contributed by atoms with van der Waals surface area (Å²) in [5, 5.41) is 5.84. The highest BCUT2D eigenvalue weighted by Gasteiger charge is 2.14. The Morgan fingerprint density at radius 1 is 1.44 bits per heavy atom. The lowest BCUT2D eigenvalue weighted by molar-refractivity contribution is -0.120. The van der Waals surface area contributed by atoms with Crippen LogP contribution in [0, 0.1) is 0 Å². The van der Waals surface area contributed by atoms with Crippen molar-refractivity contribution in [1.29, 1.82) is 0 Å². The summed E-state index contributed by atoms with van der Waals surface area (Å²) >= 11 is 0. The van der Waals surface area contributed by atoms with Gasteiger partial charge in [-0.25, -0.2) is 4.98 Å². The maximum atomic E-state index is 11.7. The lowest BCUT2D eigenvalue weighted by Crippen LogP contribution is -2.43. The molecule has 1 heterocycles. The number of rotatable bonds is 5. The van der Waals surface area contributed by atoms with E-state index in [4.69, 9.17) is 4.74 Å². The van der Waals surface area contributed by atoms with Crippen LogP contribution in [-0.2, 0) is 4.79 Å². The van der Waals surface area contributed by atoms with Gasteiger partial charge < -0.3 is 15.4 Å². The lowest BCUT2D eigenvalue weighted by Gasteiger charge is -2.20. The molecular weight excluding hydrogens is 230 g/mol. The van der Waals surface area contributed by atoms with E-state index in [1.54, 1.807) is 12.3 Å². The molecule has 0 aromatic carbocycles. The van der Waals surface area contributed by atoms with Gasteiger partial charge in [-0.15, -0.1) is 0 Å². The van der Waals surface area contributed by atoms with Crippen LogP contribution in [0.25, 0.3) is 0 Å². The van der Waals surface area contributed by atoms with Gasteiger partial charge in [0, 0.05) is 11.7 Å². The smallest absolute Gasteiger partial charge is 0.239 e. The number of nitrogens with zero attached hydrogens (tertiary/aromatic N) is 1. The molecule has 1 aromatic heterocycles. The fraction of sp³-hybridized carbons (Fsp3) is 0.538. The van der Waals surface area contributed by atoms with Crippen LogP contribution in [0.15, 0.2) is 18.3 Å². The van der Waals surface area contributed by atoms with Gasteiger partial charge in [0.15, 0.2) is 11.6 Å². The number of nitrogens with one attached hydrogen (secondary N) is 2. The Balaban J connectivity index is 2.55. The largest absolute Gasteiger partial charge is 0.490 e. The molecule has 0 radical (unpaired) electrons. The second kappa shape index (κ2) is 6.23. The average molecular weight is 251 g/mol. The Bertz CT molecular complexity index is 399. The van der Waals surface area contributed by atoms with Crippen molar-refractivity contribution in [3.63, 3.8) is 0 Å².